The van der Waals surface area contributed by atoms with E-state index in [2.05, 4.69) is 10.3 Å². The van der Waals surface area contributed by atoms with E-state index in [1.54, 1.807) is 12.1 Å². The normalized spacial score (nSPS) is 10.3. The van der Waals surface area contributed by atoms with Crippen molar-refractivity contribution in [3.05, 3.63) is 100.0 Å². The molecule has 3 aromatic rings. The molecule has 0 aliphatic rings. The molecule has 0 saturated heterocycles. The van der Waals surface area contributed by atoms with Gasteiger partial charge in [-0.3, -0.25) is 9.59 Å². The molecule has 0 spiro atoms. The number of rotatable bonds is 7. The van der Waals surface area contributed by atoms with Crippen LogP contribution in [0.5, 0.6) is 5.75 Å². The molecule has 5 nitrogen and oxygen atoms in total. The van der Waals surface area contributed by atoms with Crippen LogP contribution in [0.2, 0.25) is 0 Å². The van der Waals surface area contributed by atoms with Gasteiger partial charge in [-0.2, -0.15) is 0 Å². The fourth-order valence-electron chi connectivity index (χ4n) is 2.53. The van der Waals surface area contributed by atoms with Crippen molar-refractivity contribution in [2.24, 2.45) is 0 Å². The van der Waals surface area contributed by atoms with E-state index >= 15 is 0 Å². The van der Waals surface area contributed by atoms with Gasteiger partial charge >= 0.3 is 0 Å². The summed E-state index contributed by atoms with van der Waals surface area (Å²) in [6, 6.07) is 22.3. The van der Waals surface area contributed by atoms with Crippen molar-refractivity contribution in [1.29, 1.82) is 0 Å². The molecule has 2 N–H and O–H groups in total. The van der Waals surface area contributed by atoms with Crippen LogP contribution < -0.4 is 15.6 Å². The summed E-state index contributed by atoms with van der Waals surface area (Å²) in [6.45, 7) is 0.986. The lowest BCUT2D eigenvalue weighted by atomic mass is 10.1. The van der Waals surface area contributed by atoms with Crippen LogP contribution in [0.15, 0.2) is 77.6 Å². The Morgan fingerprint density at radius 1 is 0.923 bits per heavy atom. The molecule has 0 aliphatic heterocycles. The summed E-state index contributed by atoms with van der Waals surface area (Å²) in [5.74, 6) is 0.504. The second kappa shape index (κ2) is 8.67. The highest BCUT2D eigenvalue weighted by Crippen LogP contribution is 2.15. The smallest absolute Gasteiger partial charge is 0.267 e. The average molecular weight is 348 g/mol. The number of H-pyrrole nitrogens is 1. The first-order valence-corrected chi connectivity index (χ1v) is 8.44. The van der Waals surface area contributed by atoms with E-state index in [-0.39, 0.29) is 17.2 Å². The molecule has 0 unspecified atom stereocenters. The van der Waals surface area contributed by atoms with Crippen LogP contribution in [-0.2, 0) is 13.0 Å². The highest BCUT2D eigenvalue weighted by Gasteiger charge is 2.05. The fraction of sp³-hybridized carbons (Fsp3) is 0.143. The molecule has 0 fully saturated rings. The number of hydrogen-bond acceptors (Lipinski definition) is 3. The van der Waals surface area contributed by atoms with Crippen molar-refractivity contribution < 1.29 is 9.53 Å². The Labute approximate surface area is 151 Å². The zero-order valence-electron chi connectivity index (χ0n) is 14.3. The Bertz CT molecular complexity index is 920. The minimum absolute atomic E-state index is 0.262. The number of carbonyl (C=O) groups is 1. The first-order chi connectivity index (χ1) is 12.7. The number of aromatic amines is 1. The number of aromatic nitrogens is 1. The molecule has 0 atom stereocenters. The van der Waals surface area contributed by atoms with E-state index in [1.165, 1.54) is 6.07 Å². The largest absolute Gasteiger partial charge is 0.489 e. The predicted molar refractivity (Wildman–Crippen MR) is 100 cm³/mol. The van der Waals surface area contributed by atoms with Gasteiger partial charge in [0.15, 0.2) is 0 Å². The monoisotopic (exact) mass is 348 g/mol. The number of hydrogen-bond donors (Lipinski definition) is 2. The maximum atomic E-state index is 12.0. The number of carbonyl (C=O) groups excluding carboxylic acids is 1. The van der Waals surface area contributed by atoms with E-state index in [4.69, 9.17) is 4.74 Å². The minimum Gasteiger partial charge on any atom is -0.489 e. The Balaban J connectivity index is 1.50. The average Bonchev–Trinajstić information content (AvgIpc) is 2.67. The predicted octanol–water partition coefficient (Wildman–Crippen LogP) is 2.93. The van der Waals surface area contributed by atoms with Gasteiger partial charge < -0.3 is 15.0 Å². The van der Waals surface area contributed by atoms with Crippen LogP contribution in [0, 0.1) is 0 Å². The van der Waals surface area contributed by atoms with Crippen molar-refractivity contribution >= 4 is 5.91 Å². The van der Waals surface area contributed by atoms with Gasteiger partial charge in [0.05, 0.1) is 0 Å². The van der Waals surface area contributed by atoms with Gasteiger partial charge in [0.25, 0.3) is 5.91 Å². The van der Waals surface area contributed by atoms with Crippen molar-refractivity contribution in [2.45, 2.75) is 13.0 Å². The maximum Gasteiger partial charge on any atom is 0.267 e. The lowest BCUT2D eigenvalue weighted by Gasteiger charge is -2.09. The quantitative estimate of drug-likeness (QED) is 0.690. The van der Waals surface area contributed by atoms with Crippen LogP contribution in [0.25, 0.3) is 0 Å². The molecule has 3 rings (SSSR count). The Morgan fingerprint density at radius 3 is 2.50 bits per heavy atom. The molecule has 26 heavy (non-hydrogen) atoms. The number of benzene rings is 2. The summed E-state index contributed by atoms with van der Waals surface area (Å²) in [6.07, 6.45) is 0.672. The zero-order valence-corrected chi connectivity index (χ0v) is 14.3. The summed E-state index contributed by atoms with van der Waals surface area (Å²) >= 11 is 0. The van der Waals surface area contributed by atoms with Gasteiger partial charge in [-0.1, -0.05) is 48.5 Å². The van der Waals surface area contributed by atoms with Gasteiger partial charge in [-0.25, -0.2) is 0 Å². The second-order valence-electron chi connectivity index (χ2n) is 5.86. The van der Waals surface area contributed by atoms with Crippen LogP contribution >= 0.6 is 0 Å². The van der Waals surface area contributed by atoms with Crippen LogP contribution in [0.1, 0.15) is 21.6 Å². The number of pyridine rings is 1. The van der Waals surface area contributed by atoms with Gasteiger partial charge in [0, 0.05) is 12.6 Å². The molecule has 2 aromatic carbocycles. The van der Waals surface area contributed by atoms with E-state index < -0.39 is 0 Å². The van der Waals surface area contributed by atoms with E-state index in [0.717, 1.165) is 16.9 Å². The van der Waals surface area contributed by atoms with E-state index in [0.29, 0.717) is 19.6 Å². The van der Waals surface area contributed by atoms with Crippen molar-refractivity contribution in [1.82, 2.24) is 10.3 Å². The number of ether oxygens (including phenoxy) is 1. The first kappa shape index (κ1) is 17.5. The van der Waals surface area contributed by atoms with Crippen LogP contribution in [0.3, 0.4) is 0 Å². The molecule has 0 bridgehead atoms. The van der Waals surface area contributed by atoms with Gasteiger partial charge in [0.2, 0.25) is 5.56 Å². The van der Waals surface area contributed by atoms with Gasteiger partial charge in [-0.05, 0) is 35.7 Å². The van der Waals surface area contributed by atoms with Crippen LogP contribution in [0.4, 0.5) is 0 Å². The standard InChI is InChI=1S/C21H20N2O3/c24-20-11-5-10-19(23-20)21(25)22-13-12-16-8-4-9-18(14-16)26-15-17-6-2-1-3-7-17/h1-11,14H,12-13,15H2,(H,22,25)(H,23,24). The number of nitrogens with one attached hydrogen (secondary N) is 2. The summed E-state index contributed by atoms with van der Waals surface area (Å²) in [5.41, 5.74) is 2.15. The molecule has 0 saturated carbocycles. The summed E-state index contributed by atoms with van der Waals surface area (Å²) in [4.78, 5) is 25.8. The zero-order chi connectivity index (χ0) is 18.2. The highest BCUT2D eigenvalue weighted by atomic mass is 16.5. The SMILES string of the molecule is O=C(NCCc1cccc(OCc2ccccc2)c1)c1cccc(=O)[nH]1. The molecular formula is C21H20N2O3. The van der Waals surface area contributed by atoms with Crippen molar-refractivity contribution in [3.63, 3.8) is 0 Å². The Hall–Kier alpha value is -3.34. The van der Waals surface area contributed by atoms with Crippen LogP contribution in [-0.4, -0.2) is 17.4 Å². The molecule has 0 aliphatic carbocycles. The van der Waals surface area contributed by atoms with E-state index in [9.17, 15) is 9.59 Å². The molecule has 5 heteroatoms. The third-order valence-corrected chi connectivity index (χ3v) is 3.86. The van der Waals surface area contributed by atoms with Gasteiger partial charge in [0.1, 0.15) is 18.1 Å². The van der Waals surface area contributed by atoms with Crippen molar-refractivity contribution in [2.75, 3.05) is 6.54 Å². The molecule has 132 valence electrons. The Morgan fingerprint density at radius 2 is 1.69 bits per heavy atom. The lowest BCUT2D eigenvalue weighted by Crippen LogP contribution is -2.28. The third-order valence-electron chi connectivity index (χ3n) is 3.86. The first-order valence-electron chi connectivity index (χ1n) is 8.44. The van der Waals surface area contributed by atoms with E-state index in [1.807, 2.05) is 54.6 Å². The van der Waals surface area contributed by atoms with Gasteiger partial charge in [-0.15, -0.1) is 0 Å². The molecule has 1 heterocycles. The topological polar surface area (TPSA) is 71.2 Å². The molecule has 1 amide bonds. The summed E-state index contributed by atoms with van der Waals surface area (Å²) < 4.78 is 5.82. The second-order valence-corrected chi connectivity index (χ2v) is 5.86. The molecule has 0 radical (unpaired) electrons. The third kappa shape index (κ3) is 5.08. The maximum absolute atomic E-state index is 12.0. The van der Waals surface area contributed by atoms with Crippen molar-refractivity contribution in [3.8, 4) is 5.75 Å². The molecular weight excluding hydrogens is 328 g/mol. The molecule has 1 aromatic heterocycles. The lowest BCUT2D eigenvalue weighted by molar-refractivity contribution is 0.0949. The minimum atomic E-state index is -0.292. The summed E-state index contributed by atoms with van der Waals surface area (Å²) in [5, 5.41) is 2.80. The highest BCUT2D eigenvalue weighted by molar-refractivity contribution is 5.92. The summed E-state index contributed by atoms with van der Waals surface area (Å²) in [7, 11) is 0. The Kier molecular flexibility index (Phi) is 5.83. The number of amides is 1. The fourth-order valence-corrected chi connectivity index (χ4v) is 2.53.